The van der Waals surface area contributed by atoms with Crippen molar-refractivity contribution in [1.82, 2.24) is 0 Å². The number of nitriles is 1. The molecule has 1 heterocycles. The smallest absolute Gasteiger partial charge is 0.261 e. The summed E-state index contributed by atoms with van der Waals surface area (Å²) in [6.07, 6.45) is 0.382. The minimum atomic E-state index is -1.30. The van der Waals surface area contributed by atoms with Crippen molar-refractivity contribution in [3.63, 3.8) is 0 Å². The second-order valence-corrected chi connectivity index (χ2v) is 6.63. The quantitative estimate of drug-likeness (QED) is 0.668. The summed E-state index contributed by atoms with van der Waals surface area (Å²) in [5.41, 5.74) is 2.44. The molecule has 4 rings (SSSR count). The maximum Gasteiger partial charge on any atom is 0.261 e. The van der Waals surface area contributed by atoms with E-state index >= 15 is 0 Å². The summed E-state index contributed by atoms with van der Waals surface area (Å²) in [5.74, 6) is -0.229. The lowest BCUT2D eigenvalue weighted by Gasteiger charge is -2.40. The Morgan fingerprint density at radius 2 is 1.57 bits per heavy atom. The molecule has 0 saturated carbocycles. The van der Waals surface area contributed by atoms with Crippen LogP contribution in [0, 0.1) is 11.3 Å². The van der Waals surface area contributed by atoms with Gasteiger partial charge in [-0.25, -0.2) is 4.99 Å². The molecule has 1 aliphatic heterocycles. The third-order valence-corrected chi connectivity index (χ3v) is 5.01. The summed E-state index contributed by atoms with van der Waals surface area (Å²) in [5, 5.41) is 10.1. The molecular formula is C24H19N3O. The number of rotatable bonds is 3. The van der Waals surface area contributed by atoms with Gasteiger partial charge < -0.3 is 0 Å². The van der Waals surface area contributed by atoms with Crippen LogP contribution in [-0.4, -0.2) is 17.3 Å². The van der Waals surface area contributed by atoms with Crippen LogP contribution in [0.3, 0.4) is 0 Å². The van der Waals surface area contributed by atoms with E-state index in [0.717, 1.165) is 16.8 Å². The Morgan fingerprint density at radius 1 is 0.964 bits per heavy atom. The van der Waals surface area contributed by atoms with Crippen molar-refractivity contribution < 1.29 is 4.79 Å². The van der Waals surface area contributed by atoms with Gasteiger partial charge in [-0.1, -0.05) is 73.7 Å². The Hall–Kier alpha value is -3.71. The van der Waals surface area contributed by atoms with Gasteiger partial charge in [0.1, 0.15) is 6.07 Å². The van der Waals surface area contributed by atoms with Gasteiger partial charge in [-0.3, -0.25) is 9.69 Å². The number of benzene rings is 3. The molecule has 3 aromatic carbocycles. The fraction of sp³-hybridized carbons (Fsp3) is 0.125. The summed E-state index contributed by atoms with van der Waals surface area (Å²) in [7, 11) is 0. The highest BCUT2D eigenvalue weighted by Gasteiger charge is 2.44. The fourth-order valence-corrected chi connectivity index (χ4v) is 3.56. The number of anilines is 1. The number of hydrogen-bond donors (Lipinski definition) is 0. The Morgan fingerprint density at radius 3 is 2.21 bits per heavy atom. The number of carbonyl (C=O) groups excluding carboxylic acids is 1. The first-order valence-corrected chi connectivity index (χ1v) is 9.26. The van der Waals surface area contributed by atoms with Gasteiger partial charge in [0.25, 0.3) is 5.91 Å². The first-order chi connectivity index (χ1) is 13.7. The van der Waals surface area contributed by atoms with Crippen molar-refractivity contribution in [3.8, 4) is 6.07 Å². The molecule has 0 fully saturated rings. The number of nitrogens with zero attached hydrogens (tertiary/aromatic N) is 3. The van der Waals surface area contributed by atoms with Crippen LogP contribution in [0.15, 0.2) is 89.9 Å². The summed E-state index contributed by atoms with van der Waals surface area (Å²) in [6.45, 7) is 1.88. The van der Waals surface area contributed by atoms with E-state index in [-0.39, 0.29) is 5.91 Å². The second-order valence-electron chi connectivity index (χ2n) is 6.63. The molecule has 3 aromatic rings. The predicted octanol–water partition coefficient (Wildman–Crippen LogP) is 4.81. The van der Waals surface area contributed by atoms with Crippen LogP contribution in [0.2, 0.25) is 0 Å². The second kappa shape index (κ2) is 7.13. The number of fused-ring (bicyclic) bond motifs is 1. The highest BCUT2D eigenvalue weighted by molar-refractivity contribution is 6.21. The highest BCUT2D eigenvalue weighted by Crippen LogP contribution is 2.38. The molecule has 0 aromatic heterocycles. The highest BCUT2D eigenvalue weighted by atomic mass is 16.2. The zero-order chi connectivity index (χ0) is 19.6. The zero-order valence-electron chi connectivity index (χ0n) is 15.5. The maximum atomic E-state index is 13.4. The largest absolute Gasteiger partial charge is 0.270 e. The van der Waals surface area contributed by atoms with Crippen LogP contribution < -0.4 is 4.90 Å². The third kappa shape index (κ3) is 2.78. The average molecular weight is 365 g/mol. The number of amides is 1. The Labute approximate surface area is 164 Å². The molecule has 1 atom stereocenters. The van der Waals surface area contributed by atoms with Crippen molar-refractivity contribution >= 4 is 17.3 Å². The van der Waals surface area contributed by atoms with Crippen LogP contribution in [0.5, 0.6) is 0 Å². The minimum Gasteiger partial charge on any atom is -0.270 e. The normalized spacial score (nSPS) is 18.0. The van der Waals surface area contributed by atoms with Crippen LogP contribution in [0.25, 0.3) is 0 Å². The Bertz CT molecular complexity index is 1080. The van der Waals surface area contributed by atoms with E-state index in [1.54, 1.807) is 17.0 Å². The Kier molecular flexibility index (Phi) is 4.50. The van der Waals surface area contributed by atoms with Gasteiger partial charge in [-0.15, -0.1) is 0 Å². The van der Waals surface area contributed by atoms with E-state index < -0.39 is 5.66 Å². The SMILES string of the molecule is CCC1(C#N)N=C(c2ccccc2)c2ccccc2N1C(=O)c1ccccc1. The predicted molar refractivity (Wildman–Crippen MR) is 110 cm³/mol. The van der Waals surface area contributed by atoms with E-state index in [4.69, 9.17) is 4.99 Å². The monoisotopic (exact) mass is 365 g/mol. The first kappa shape index (κ1) is 17.7. The molecule has 1 unspecified atom stereocenters. The molecule has 0 radical (unpaired) electrons. The van der Waals surface area contributed by atoms with E-state index in [9.17, 15) is 10.1 Å². The van der Waals surface area contributed by atoms with Crippen molar-refractivity contribution in [2.45, 2.75) is 19.0 Å². The maximum absolute atomic E-state index is 13.4. The fourth-order valence-electron chi connectivity index (χ4n) is 3.56. The van der Waals surface area contributed by atoms with E-state index in [0.29, 0.717) is 17.7 Å². The molecule has 0 saturated heterocycles. The van der Waals surface area contributed by atoms with Gasteiger partial charge in [0.15, 0.2) is 0 Å². The lowest BCUT2D eigenvalue weighted by Crippen LogP contribution is -2.53. The van der Waals surface area contributed by atoms with E-state index in [1.165, 1.54) is 0 Å². The number of para-hydroxylation sites is 1. The molecule has 136 valence electrons. The van der Waals surface area contributed by atoms with Crippen molar-refractivity contribution in [2.24, 2.45) is 4.99 Å². The molecule has 1 amide bonds. The summed E-state index contributed by atoms with van der Waals surface area (Å²) < 4.78 is 0. The van der Waals surface area contributed by atoms with Gasteiger partial charge in [0.05, 0.1) is 11.4 Å². The molecule has 0 aliphatic carbocycles. The van der Waals surface area contributed by atoms with Gasteiger partial charge >= 0.3 is 0 Å². The standard InChI is InChI=1S/C24H19N3O/c1-2-24(17-25)26-22(18-11-5-3-6-12-18)20-15-9-10-16-21(20)27(24)23(28)19-13-7-4-8-14-19/h3-16H,2H2,1H3. The van der Waals surface area contributed by atoms with Crippen molar-refractivity contribution in [2.75, 3.05) is 4.90 Å². The molecular weight excluding hydrogens is 346 g/mol. The van der Waals surface area contributed by atoms with E-state index in [1.807, 2.05) is 79.7 Å². The van der Waals surface area contributed by atoms with E-state index in [2.05, 4.69) is 6.07 Å². The van der Waals surface area contributed by atoms with Crippen LogP contribution >= 0.6 is 0 Å². The molecule has 4 nitrogen and oxygen atoms in total. The molecule has 0 bridgehead atoms. The van der Waals surface area contributed by atoms with Gasteiger partial charge in [0, 0.05) is 23.1 Å². The van der Waals surface area contributed by atoms with Crippen LogP contribution in [0.1, 0.15) is 34.8 Å². The lowest BCUT2D eigenvalue weighted by atomic mass is 9.92. The third-order valence-electron chi connectivity index (χ3n) is 5.01. The molecule has 0 N–H and O–H groups in total. The minimum absolute atomic E-state index is 0.229. The lowest BCUT2D eigenvalue weighted by molar-refractivity contribution is 0.0965. The molecule has 0 spiro atoms. The molecule has 1 aliphatic rings. The topological polar surface area (TPSA) is 56.5 Å². The zero-order valence-corrected chi connectivity index (χ0v) is 15.5. The van der Waals surface area contributed by atoms with Crippen molar-refractivity contribution in [3.05, 3.63) is 102 Å². The van der Waals surface area contributed by atoms with Gasteiger partial charge in [-0.05, 0) is 18.2 Å². The molecule has 4 heteroatoms. The Balaban J connectivity index is 1.97. The number of carbonyl (C=O) groups is 1. The van der Waals surface area contributed by atoms with Gasteiger partial charge in [0.2, 0.25) is 5.66 Å². The number of hydrogen-bond acceptors (Lipinski definition) is 3. The summed E-state index contributed by atoms with van der Waals surface area (Å²) in [6, 6.07) is 28.8. The molecule has 28 heavy (non-hydrogen) atoms. The average Bonchev–Trinajstić information content (AvgIpc) is 2.78. The summed E-state index contributed by atoms with van der Waals surface area (Å²) >= 11 is 0. The van der Waals surface area contributed by atoms with Gasteiger partial charge in [-0.2, -0.15) is 5.26 Å². The van der Waals surface area contributed by atoms with Crippen molar-refractivity contribution in [1.29, 1.82) is 5.26 Å². The summed E-state index contributed by atoms with van der Waals surface area (Å²) in [4.78, 5) is 19.8. The first-order valence-electron chi connectivity index (χ1n) is 9.26. The number of aliphatic imine (C=N–C) groups is 1. The van der Waals surface area contributed by atoms with Crippen LogP contribution in [-0.2, 0) is 0 Å². The van der Waals surface area contributed by atoms with Crippen LogP contribution in [0.4, 0.5) is 5.69 Å².